The van der Waals surface area contributed by atoms with E-state index >= 15 is 0 Å². The van der Waals surface area contributed by atoms with E-state index in [1.807, 2.05) is 6.92 Å². The molecule has 1 heterocycles. The molecule has 0 atom stereocenters. The van der Waals surface area contributed by atoms with Gasteiger partial charge in [-0.2, -0.15) is 0 Å². The molecule has 1 aliphatic rings. The lowest BCUT2D eigenvalue weighted by molar-refractivity contribution is 0.215. The van der Waals surface area contributed by atoms with Gasteiger partial charge in [-0.15, -0.1) is 0 Å². The summed E-state index contributed by atoms with van der Waals surface area (Å²) in [6.07, 6.45) is 3.30. The van der Waals surface area contributed by atoms with Gasteiger partial charge in [0.25, 0.3) is 0 Å². The van der Waals surface area contributed by atoms with E-state index in [-0.39, 0.29) is 5.09 Å². The summed E-state index contributed by atoms with van der Waals surface area (Å²) in [7, 11) is -3.44. The van der Waals surface area contributed by atoms with E-state index in [1.165, 1.54) is 0 Å². The Balaban J connectivity index is 2.38. The fraction of sp³-hybridized carbons (Fsp3) is 0.333. The van der Waals surface area contributed by atoms with Crippen LogP contribution in [0, 0.1) is 6.92 Å². The molecule has 4 heteroatoms. The fourth-order valence-corrected chi connectivity index (χ4v) is 2.86. The lowest BCUT2D eigenvalue weighted by atomic mass is 10.2. The van der Waals surface area contributed by atoms with E-state index in [9.17, 15) is 8.42 Å². The van der Waals surface area contributed by atoms with Crippen LogP contribution in [0.5, 0.6) is 0 Å². The summed E-state index contributed by atoms with van der Waals surface area (Å²) in [5.41, 5.74) is 1.04. The van der Waals surface area contributed by atoms with Crippen molar-refractivity contribution in [2.24, 2.45) is 0 Å². The van der Waals surface area contributed by atoms with Crippen LogP contribution in [0.2, 0.25) is 0 Å². The van der Waals surface area contributed by atoms with Crippen molar-refractivity contribution in [2.45, 2.75) is 24.7 Å². The standard InChI is InChI=1S/C12H14O3S/c1-10-5-7-11(8-6-10)16(13,14)12-4-2-3-9-15-12/h4-8H,2-3,9H2,1H3. The highest BCUT2D eigenvalue weighted by atomic mass is 32.2. The van der Waals surface area contributed by atoms with Crippen LogP contribution in [0.25, 0.3) is 0 Å². The molecule has 0 fully saturated rings. The topological polar surface area (TPSA) is 43.4 Å². The molecule has 0 bridgehead atoms. The summed E-state index contributed by atoms with van der Waals surface area (Å²) in [5.74, 6) is 0. The molecule has 1 aromatic rings. The lowest BCUT2D eigenvalue weighted by Crippen LogP contribution is -2.12. The predicted octanol–water partition coefficient (Wildman–Crippen LogP) is 2.42. The summed E-state index contributed by atoms with van der Waals surface area (Å²) >= 11 is 0. The van der Waals surface area contributed by atoms with Crippen LogP contribution in [0.3, 0.4) is 0 Å². The van der Waals surface area contributed by atoms with Crippen LogP contribution < -0.4 is 0 Å². The second-order valence-electron chi connectivity index (χ2n) is 3.83. The largest absolute Gasteiger partial charge is 0.483 e. The first-order valence-electron chi connectivity index (χ1n) is 5.25. The number of sulfone groups is 1. The van der Waals surface area contributed by atoms with Gasteiger partial charge in [-0.05, 0) is 38.0 Å². The molecule has 0 unspecified atom stereocenters. The summed E-state index contributed by atoms with van der Waals surface area (Å²) in [6, 6.07) is 6.81. The van der Waals surface area contributed by atoms with E-state index < -0.39 is 9.84 Å². The molecular weight excluding hydrogens is 224 g/mol. The zero-order valence-electron chi connectivity index (χ0n) is 9.14. The second-order valence-corrected chi connectivity index (χ2v) is 5.71. The minimum Gasteiger partial charge on any atom is -0.483 e. The maximum atomic E-state index is 12.1. The number of hydrogen-bond donors (Lipinski definition) is 0. The molecular formula is C12H14O3S. The second kappa shape index (κ2) is 4.29. The highest BCUT2D eigenvalue weighted by molar-refractivity contribution is 7.95. The van der Waals surface area contributed by atoms with Crippen LogP contribution in [0.15, 0.2) is 40.3 Å². The number of ether oxygens (including phenoxy) is 1. The van der Waals surface area contributed by atoms with Crippen LogP contribution in [-0.2, 0) is 14.6 Å². The molecule has 16 heavy (non-hydrogen) atoms. The van der Waals surface area contributed by atoms with Gasteiger partial charge in [0, 0.05) is 0 Å². The minimum atomic E-state index is -3.44. The van der Waals surface area contributed by atoms with Gasteiger partial charge in [0.1, 0.15) is 0 Å². The molecule has 0 radical (unpaired) electrons. The molecule has 0 aromatic heterocycles. The van der Waals surface area contributed by atoms with Gasteiger partial charge in [0.05, 0.1) is 11.5 Å². The third kappa shape index (κ3) is 2.11. The average Bonchev–Trinajstić information content (AvgIpc) is 2.31. The summed E-state index contributed by atoms with van der Waals surface area (Å²) < 4.78 is 29.4. The normalized spacial score (nSPS) is 16.4. The molecule has 0 N–H and O–H groups in total. The molecule has 1 aliphatic heterocycles. The Labute approximate surface area is 95.7 Å². The van der Waals surface area contributed by atoms with Crippen molar-refractivity contribution in [1.82, 2.24) is 0 Å². The summed E-state index contributed by atoms with van der Waals surface area (Å²) in [5, 5.41) is 0.0996. The highest BCUT2D eigenvalue weighted by Crippen LogP contribution is 2.23. The summed E-state index contributed by atoms with van der Waals surface area (Å²) in [6.45, 7) is 2.41. The zero-order valence-corrected chi connectivity index (χ0v) is 9.96. The number of aryl methyl sites for hydroxylation is 1. The van der Waals surface area contributed by atoms with E-state index in [0.29, 0.717) is 11.5 Å². The SMILES string of the molecule is Cc1ccc(S(=O)(=O)C2=CCCCO2)cc1. The molecule has 3 nitrogen and oxygen atoms in total. The van der Waals surface area contributed by atoms with E-state index in [2.05, 4.69) is 0 Å². The Hall–Kier alpha value is -1.29. The smallest absolute Gasteiger partial charge is 0.238 e. The number of allylic oxidation sites excluding steroid dienone is 1. The van der Waals surface area contributed by atoms with Gasteiger partial charge < -0.3 is 4.74 Å². The molecule has 0 amide bonds. The Morgan fingerprint density at radius 1 is 1.19 bits per heavy atom. The van der Waals surface area contributed by atoms with Gasteiger partial charge in [-0.25, -0.2) is 8.42 Å². The molecule has 0 spiro atoms. The Morgan fingerprint density at radius 3 is 2.44 bits per heavy atom. The Morgan fingerprint density at radius 2 is 1.88 bits per heavy atom. The van der Waals surface area contributed by atoms with Crippen LogP contribution in [0.4, 0.5) is 0 Å². The summed E-state index contributed by atoms with van der Waals surface area (Å²) in [4.78, 5) is 0.297. The maximum absolute atomic E-state index is 12.1. The predicted molar refractivity (Wildman–Crippen MR) is 61.6 cm³/mol. The van der Waals surface area contributed by atoms with Crippen LogP contribution >= 0.6 is 0 Å². The fourth-order valence-electron chi connectivity index (χ4n) is 1.56. The van der Waals surface area contributed by atoms with E-state index in [4.69, 9.17) is 4.74 Å². The van der Waals surface area contributed by atoms with E-state index in [0.717, 1.165) is 18.4 Å². The van der Waals surface area contributed by atoms with Crippen molar-refractivity contribution in [3.63, 3.8) is 0 Å². The number of hydrogen-bond acceptors (Lipinski definition) is 3. The van der Waals surface area contributed by atoms with Crippen molar-refractivity contribution >= 4 is 9.84 Å². The zero-order chi connectivity index (χ0) is 11.6. The quantitative estimate of drug-likeness (QED) is 0.794. The van der Waals surface area contributed by atoms with Crippen molar-refractivity contribution in [3.8, 4) is 0 Å². The molecule has 2 rings (SSSR count). The third-order valence-corrected chi connectivity index (χ3v) is 4.21. The van der Waals surface area contributed by atoms with Gasteiger partial charge in [-0.1, -0.05) is 17.7 Å². The molecule has 0 aliphatic carbocycles. The molecule has 86 valence electrons. The van der Waals surface area contributed by atoms with Gasteiger partial charge in [0.2, 0.25) is 14.9 Å². The Kier molecular flexibility index (Phi) is 3.01. The first kappa shape index (κ1) is 11.2. The van der Waals surface area contributed by atoms with Gasteiger partial charge in [-0.3, -0.25) is 0 Å². The van der Waals surface area contributed by atoms with Gasteiger partial charge in [0.15, 0.2) is 0 Å². The third-order valence-electron chi connectivity index (χ3n) is 2.50. The monoisotopic (exact) mass is 238 g/mol. The molecule has 1 aromatic carbocycles. The Bertz CT molecular complexity index is 498. The van der Waals surface area contributed by atoms with Crippen molar-refractivity contribution in [1.29, 1.82) is 0 Å². The van der Waals surface area contributed by atoms with Crippen LogP contribution in [-0.4, -0.2) is 15.0 Å². The lowest BCUT2D eigenvalue weighted by Gasteiger charge is -2.15. The van der Waals surface area contributed by atoms with Crippen molar-refractivity contribution < 1.29 is 13.2 Å². The average molecular weight is 238 g/mol. The minimum absolute atomic E-state index is 0.0996. The van der Waals surface area contributed by atoms with Gasteiger partial charge >= 0.3 is 0 Å². The highest BCUT2D eigenvalue weighted by Gasteiger charge is 2.23. The molecule has 0 saturated heterocycles. The van der Waals surface area contributed by atoms with Crippen molar-refractivity contribution in [2.75, 3.05) is 6.61 Å². The number of benzene rings is 1. The first-order chi connectivity index (χ1) is 7.60. The molecule has 0 saturated carbocycles. The number of rotatable bonds is 2. The van der Waals surface area contributed by atoms with E-state index in [1.54, 1.807) is 30.3 Å². The van der Waals surface area contributed by atoms with Crippen LogP contribution in [0.1, 0.15) is 18.4 Å². The first-order valence-corrected chi connectivity index (χ1v) is 6.74. The van der Waals surface area contributed by atoms with Crippen molar-refractivity contribution in [3.05, 3.63) is 41.0 Å². The maximum Gasteiger partial charge on any atom is 0.238 e.